The van der Waals surface area contributed by atoms with E-state index in [-0.39, 0.29) is 5.69 Å². The minimum absolute atomic E-state index is 0.0296. The van der Waals surface area contributed by atoms with Crippen molar-refractivity contribution in [2.75, 3.05) is 13.2 Å². The van der Waals surface area contributed by atoms with Crippen molar-refractivity contribution in [3.8, 4) is 5.75 Å². The molecule has 0 unspecified atom stereocenters. The summed E-state index contributed by atoms with van der Waals surface area (Å²) in [6.07, 6.45) is 2.45. The second-order valence-corrected chi connectivity index (χ2v) is 4.31. The molecule has 0 spiro atoms. The molecule has 5 nitrogen and oxygen atoms in total. The van der Waals surface area contributed by atoms with Gasteiger partial charge in [0.15, 0.2) is 5.75 Å². The molecule has 1 fully saturated rings. The number of nitrogens with zero attached hydrogens (tertiary/aromatic N) is 1. The largest absolute Gasteiger partial charge is 0.485 e. The Bertz CT molecular complexity index is 416. The first-order valence-corrected chi connectivity index (χ1v) is 5.78. The Morgan fingerprint density at radius 3 is 2.94 bits per heavy atom. The minimum atomic E-state index is -0.414. The highest BCUT2D eigenvalue weighted by atomic mass is 16.6. The predicted molar refractivity (Wildman–Crippen MR) is 64.4 cm³/mol. The lowest BCUT2D eigenvalue weighted by Gasteiger charge is -2.08. The average Bonchev–Trinajstić information content (AvgIpc) is 3.08. The second kappa shape index (κ2) is 5.14. The summed E-state index contributed by atoms with van der Waals surface area (Å²) in [5.74, 6) is 0.354. The Labute approximate surface area is 99.9 Å². The van der Waals surface area contributed by atoms with Crippen LogP contribution in [0.3, 0.4) is 0 Å². The van der Waals surface area contributed by atoms with Gasteiger partial charge in [-0.25, -0.2) is 0 Å². The molecule has 2 rings (SSSR count). The molecule has 17 heavy (non-hydrogen) atoms. The molecule has 0 atom stereocenters. The highest BCUT2D eigenvalue weighted by Gasteiger charge is 2.20. The molecule has 1 aromatic carbocycles. The predicted octanol–water partition coefficient (Wildman–Crippen LogP) is 2.03. The summed E-state index contributed by atoms with van der Waals surface area (Å²) >= 11 is 0. The first-order chi connectivity index (χ1) is 8.16. The van der Waals surface area contributed by atoms with Crippen LogP contribution in [0.15, 0.2) is 18.2 Å². The van der Waals surface area contributed by atoms with Gasteiger partial charge in [-0.3, -0.25) is 10.1 Å². The summed E-state index contributed by atoms with van der Waals surface area (Å²) in [7, 11) is 0. The zero-order valence-corrected chi connectivity index (χ0v) is 9.81. The van der Waals surface area contributed by atoms with Crippen LogP contribution in [-0.4, -0.2) is 24.1 Å². The zero-order valence-electron chi connectivity index (χ0n) is 9.81. The number of benzene rings is 1. The van der Waals surface area contributed by atoms with Gasteiger partial charge in [0.25, 0.3) is 0 Å². The molecular weight excluding hydrogens is 220 g/mol. The van der Waals surface area contributed by atoms with Crippen molar-refractivity contribution in [2.45, 2.75) is 25.8 Å². The van der Waals surface area contributed by atoms with E-state index in [1.54, 1.807) is 12.1 Å². The fourth-order valence-electron chi connectivity index (χ4n) is 1.60. The fraction of sp³-hybridized carbons (Fsp3) is 0.500. The lowest BCUT2D eigenvalue weighted by molar-refractivity contribution is -0.385. The number of nitrogens with one attached hydrogen (secondary N) is 1. The fourth-order valence-corrected chi connectivity index (χ4v) is 1.60. The maximum Gasteiger partial charge on any atom is 0.310 e. The Morgan fingerprint density at radius 1 is 1.53 bits per heavy atom. The van der Waals surface area contributed by atoms with Gasteiger partial charge in [-0.15, -0.1) is 0 Å². The summed E-state index contributed by atoms with van der Waals surface area (Å²) in [6, 6.07) is 5.54. The van der Waals surface area contributed by atoms with Crippen LogP contribution in [0.25, 0.3) is 0 Å². The van der Waals surface area contributed by atoms with Crippen molar-refractivity contribution in [3.05, 3.63) is 33.9 Å². The van der Waals surface area contributed by atoms with Crippen molar-refractivity contribution < 1.29 is 9.66 Å². The van der Waals surface area contributed by atoms with E-state index < -0.39 is 4.92 Å². The molecule has 1 aliphatic rings. The third kappa shape index (κ3) is 3.42. The summed E-state index contributed by atoms with van der Waals surface area (Å²) < 4.78 is 5.45. The molecule has 0 amide bonds. The normalized spacial score (nSPS) is 14.6. The molecule has 0 aliphatic heterocycles. The van der Waals surface area contributed by atoms with Gasteiger partial charge in [-0.2, -0.15) is 0 Å². The summed E-state index contributed by atoms with van der Waals surface area (Å²) in [4.78, 5) is 10.4. The standard InChI is InChI=1S/C12H16N2O3/c1-9-2-5-11(14(15)16)12(8-9)17-7-6-13-10-3-4-10/h2,5,8,10,13H,3-4,6-7H2,1H3. The number of hydrogen-bond acceptors (Lipinski definition) is 4. The third-order valence-electron chi connectivity index (χ3n) is 2.68. The maximum absolute atomic E-state index is 10.8. The first kappa shape index (κ1) is 11.9. The Balaban J connectivity index is 1.92. The van der Waals surface area contributed by atoms with E-state index in [2.05, 4.69) is 5.32 Å². The number of rotatable bonds is 6. The van der Waals surface area contributed by atoms with Crippen molar-refractivity contribution in [3.63, 3.8) is 0 Å². The molecule has 0 heterocycles. The Morgan fingerprint density at radius 2 is 2.29 bits per heavy atom. The van der Waals surface area contributed by atoms with E-state index in [4.69, 9.17) is 4.74 Å². The lowest BCUT2D eigenvalue weighted by Crippen LogP contribution is -2.23. The van der Waals surface area contributed by atoms with Gasteiger partial charge in [0.2, 0.25) is 0 Å². The van der Waals surface area contributed by atoms with Gasteiger partial charge >= 0.3 is 5.69 Å². The van der Waals surface area contributed by atoms with Gasteiger partial charge < -0.3 is 10.1 Å². The molecule has 0 radical (unpaired) electrons. The van der Waals surface area contributed by atoms with Crippen molar-refractivity contribution in [2.24, 2.45) is 0 Å². The molecule has 5 heteroatoms. The van der Waals surface area contributed by atoms with Gasteiger partial charge in [0.05, 0.1) is 4.92 Å². The quantitative estimate of drug-likeness (QED) is 0.466. The van der Waals surface area contributed by atoms with Crippen LogP contribution in [-0.2, 0) is 0 Å². The zero-order chi connectivity index (χ0) is 12.3. The van der Waals surface area contributed by atoms with E-state index in [9.17, 15) is 10.1 Å². The Kier molecular flexibility index (Phi) is 3.58. The number of aryl methyl sites for hydroxylation is 1. The van der Waals surface area contributed by atoms with Gasteiger partial charge in [0, 0.05) is 18.7 Å². The molecule has 0 saturated heterocycles. The maximum atomic E-state index is 10.8. The van der Waals surface area contributed by atoms with Crippen LogP contribution in [0.4, 0.5) is 5.69 Å². The number of hydrogen-bond donors (Lipinski definition) is 1. The topological polar surface area (TPSA) is 64.4 Å². The number of ether oxygens (including phenoxy) is 1. The van der Waals surface area contributed by atoms with E-state index in [1.807, 2.05) is 6.92 Å². The smallest absolute Gasteiger partial charge is 0.310 e. The molecule has 92 valence electrons. The van der Waals surface area contributed by atoms with Crippen molar-refractivity contribution in [1.29, 1.82) is 0 Å². The molecule has 1 saturated carbocycles. The van der Waals surface area contributed by atoms with E-state index >= 15 is 0 Å². The van der Waals surface area contributed by atoms with E-state index in [0.29, 0.717) is 18.4 Å². The van der Waals surface area contributed by atoms with E-state index in [1.165, 1.54) is 18.9 Å². The number of nitro groups is 1. The van der Waals surface area contributed by atoms with Crippen molar-refractivity contribution in [1.82, 2.24) is 5.32 Å². The molecule has 0 aromatic heterocycles. The highest BCUT2D eigenvalue weighted by Crippen LogP contribution is 2.27. The van der Waals surface area contributed by atoms with Crippen LogP contribution in [0.1, 0.15) is 18.4 Å². The molecule has 1 aliphatic carbocycles. The molecule has 1 aromatic rings. The SMILES string of the molecule is Cc1ccc([N+](=O)[O-])c(OCCNC2CC2)c1. The molecule has 0 bridgehead atoms. The van der Waals surface area contributed by atoms with Gasteiger partial charge in [-0.05, 0) is 31.4 Å². The third-order valence-corrected chi connectivity index (χ3v) is 2.68. The molecule has 1 N–H and O–H groups in total. The van der Waals surface area contributed by atoms with E-state index in [0.717, 1.165) is 12.1 Å². The van der Waals surface area contributed by atoms with Crippen LogP contribution < -0.4 is 10.1 Å². The Hall–Kier alpha value is -1.62. The van der Waals surface area contributed by atoms with Crippen LogP contribution >= 0.6 is 0 Å². The average molecular weight is 236 g/mol. The van der Waals surface area contributed by atoms with Crippen LogP contribution in [0.2, 0.25) is 0 Å². The highest BCUT2D eigenvalue weighted by molar-refractivity contribution is 5.48. The summed E-state index contributed by atoms with van der Waals surface area (Å²) in [6.45, 7) is 3.08. The summed E-state index contributed by atoms with van der Waals surface area (Å²) in [5, 5.41) is 14.1. The van der Waals surface area contributed by atoms with Gasteiger partial charge in [0.1, 0.15) is 6.61 Å². The minimum Gasteiger partial charge on any atom is -0.485 e. The molecular formula is C12H16N2O3. The van der Waals surface area contributed by atoms with Gasteiger partial charge in [-0.1, -0.05) is 6.07 Å². The number of nitro benzene ring substituents is 1. The monoisotopic (exact) mass is 236 g/mol. The van der Waals surface area contributed by atoms with Crippen molar-refractivity contribution >= 4 is 5.69 Å². The van der Waals surface area contributed by atoms with Crippen LogP contribution in [0.5, 0.6) is 5.75 Å². The summed E-state index contributed by atoms with van der Waals surface area (Å²) in [5.41, 5.74) is 0.989. The lowest BCUT2D eigenvalue weighted by atomic mass is 10.2. The van der Waals surface area contributed by atoms with Crippen LogP contribution in [0, 0.1) is 17.0 Å². The first-order valence-electron chi connectivity index (χ1n) is 5.78. The second-order valence-electron chi connectivity index (χ2n) is 4.31.